The van der Waals surface area contributed by atoms with Gasteiger partial charge in [-0.15, -0.1) is 0 Å². The van der Waals surface area contributed by atoms with Crippen molar-refractivity contribution in [3.8, 4) is 11.4 Å². The van der Waals surface area contributed by atoms with Crippen molar-refractivity contribution in [2.45, 2.75) is 0 Å². The van der Waals surface area contributed by atoms with Crippen molar-refractivity contribution in [3.63, 3.8) is 0 Å². The van der Waals surface area contributed by atoms with E-state index in [0.717, 1.165) is 27.6 Å². The van der Waals surface area contributed by atoms with Gasteiger partial charge in [0.1, 0.15) is 11.2 Å². The van der Waals surface area contributed by atoms with E-state index in [9.17, 15) is 0 Å². The number of aromatic nitrogens is 2. The summed E-state index contributed by atoms with van der Waals surface area (Å²) in [5.41, 5.74) is 8.95. The second-order valence-corrected chi connectivity index (χ2v) is 10.2. The molecule has 0 aliphatic carbocycles. The number of fused-ring (bicyclic) bond motifs is 9. The predicted octanol–water partition coefficient (Wildman–Crippen LogP) is 9.78. The summed E-state index contributed by atoms with van der Waals surface area (Å²) in [7, 11) is 0. The number of rotatable bonds is 2. The van der Waals surface area contributed by atoms with Crippen molar-refractivity contribution in [3.05, 3.63) is 133 Å². The third-order valence-electron chi connectivity index (χ3n) is 8.11. The Morgan fingerprint density at radius 2 is 0.769 bits per heavy atom. The molecule has 0 atom stereocenters. The molecule has 3 heteroatoms. The molecule has 0 N–H and O–H groups in total. The van der Waals surface area contributed by atoms with Crippen LogP contribution in [0.25, 0.3) is 76.9 Å². The lowest BCUT2D eigenvalue weighted by molar-refractivity contribution is 0.669. The maximum atomic E-state index is 6.12. The van der Waals surface area contributed by atoms with E-state index in [2.05, 4.69) is 130 Å². The van der Waals surface area contributed by atoms with Crippen LogP contribution >= 0.6 is 0 Å². The minimum Gasteiger partial charge on any atom is -0.456 e. The lowest BCUT2D eigenvalue weighted by Crippen LogP contribution is -1.95. The normalized spacial score (nSPS) is 12.1. The van der Waals surface area contributed by atoms with Crippen molar-refractivity contribution in [1.29, 1.82) is 0 Å². The molecule has 0 aliphatic heterocycles. The summed E-state index contributed by atoms with van der Waals surface area (Å²) in [4.78, 5) is 0. The van der Waals surface area contributed by atoms with E-state index in [1.165, 1.54) is 49.3 Å². The Kier molecular flexibility index (Phi) is 4.05. The molecule has 9 aromatic rings. The van der Waals surface area contributed by atoms with E-state index in [1.54, 1.807) is 0 Å². The zero-order valence-corrected chi connectivity index (χ0v) is 21.0. The maximum absolute atomic E-state index is 6.12. The molecule has 182 valence electrons. The Morgan fingerprint density at radius 1 is 0.333 bits per heavy atom. The third-order valence-corrected chi connectivity index (χ3v) is 8.11. The highest BCUT2D eigenvalue weighted by atomic mass is 16.3. The van der Waals surface area contributed by atoms with Crippen LogP contribution in [0.15, 0.2) is 138 Å². The van der Waals surface area contributed by atoms with Crippen molar-refractivity contribution in [2.24, 2.45) is 0 Å². The number of hydrogen-bond donors (Lipinski definition) is 0. The van der Waals surface area contributed by atoms with Crippen LogP contribution in [0.3, 0.4) is 0 Å². The van der Waals surface area contributed by atoms with Crippen LogP contribution in [0.4, 0.5) is 0 Å². The van der Waals surface area contributed by atoms with E-state index < -0.39 is 0 Å². The average molecular weight is 499 g/mol. The lowest BCUT2D eigenvalue weighted by atomic mass is 10.1. The van der Waals surface area contributed by atoms with Crippen molar-refractivity contribution < 1.29 is 4.42 Å². The van der Waals surface area contributed by atoms with Gasteiger partial charge in [0.15, 0.2) is 0 Å². The van der Waals surface area contributed by atoms with E-state index in [4.69, 9.17) is 4.42 Å². The highest BCUT2D eigenvalue weighted by Crippen LogP contribution is 2.38. The average Bonchev–Trinajstić information content (AvgIpc) is 3.64. The molecule has 0 unspecified atom stereocenters. The van der Waals surface area contributed by atoms with Crippen molar-refractivity contribution in [2.75, 3.05) is 0 Å². The van der Waals surface area contributed by atoms with Crippen LogP contribution in [-0.4, -0.2) is 9.13 Å². The van der Waals surface area contributed by atoms with Crippen LogP contribution in [0.1, 0.15) is 0 Å². The summed E-state index contributed by atoms with van der Waals surface area (Å²) in [6, 6.07) is 47.7. The first-order chi connectivity index (χ1) is 19.3. The topological polar surface area (TPSA) is 23.0 Å². The highest BCUT2D eigenvalue weighted by molar-refractivity contribution is 6.13. The summed E-state index contributed by atoms with van der Waals surface area (Å²) in [6.45, 7) is 0. The van der Waals surface area contributed by atoms with Crippen LogP contribution in [0.2, 0.25) is 0 Å². The Bertz CT molecular complexity index is 2350. The molecule has 0 amide bonds. The maximum Gasteiger partial charge on any atom is 0.135 e. The minimum atomic E-state index is 0.911. The molecule has 0 saturated heterocycles. The SMILES string of the molecule is c1ccc2c(c1)oc1ccc(-n3c4ccccc4c4cc(-n5c6ccccc6c6ccccc65)ccc43)cc12. The first kappa shape index (κ1) is 20.7. The van der Waals surface area contributed by atoms with Gasteiger partial charge in [0.25, 0.3) is 0 Å². The zero-order valence-electron chi connectivity index (χ0n) is 21.0. The van der Waals surface area contributed by atoms with Gasteiger partial charge >= 0.3 is 0 Å². The molecule has 0 bridgehead atoms. The molecular formula is C36H22N2O. The first-order valence-electron chi connectivity index (χ1n) is 13.3. The van der Waals surface area contributed by atoms with Gasteiger partial charge in [0.05, 0.1) is 22.1 Å². The molecule has 6 aromatic carbocycles. The van der Waals surface area contributed by atoms with Crippen LogP contribution in [0, 0.1) is 0 Å². The number of nitrogens with zero attached hydrogens (tertiary/aromatic N) is 2. The number of furan rings is 1. The molecule has 0 saturated carbocycles. The number of benzene rings is 6. The molecule has 9 rings (SSSR count). The largest absolute Gasteiger partial charge is 0.456 e. The van der Waals surface area contributed by atoms with Gasteiger partial charge in [-0.25, -0.2) is 0 Å². The Labute approximate surface area is 223 Å². The Morgan fingerprint density at radius 3 is 1.41 bits per heavy atom. The van der Waals surface area contributed by atoms with E-state index in [-0.39, 0.29) is 0 Å². The van der Waals surface area contributed by atoms with Crippen LogP contribution in [0.5, 0.6) is 0 Å². The molecule has 0 radical (unpaired) electrons. The molecular weight excluding hydrogens is 476 g/mol. The van der Waals surface area contributed by atoms with Gasteiger partial charge in [0.2, 0.25) is 0 Å². The Hall–Kier alpha value is -5.28. The monoisotopic (exact) mass is 498 g/mol. The fourth-order valence-electron chi connectivity index (χ4n) is 6.43. The fraction of sp³-hybridized carbons (Fsp3) is 0. The van der Waals surface area contributed by atoms with Gasteiger partial charge < -0.3 is 13.6 Å². The van der Waals surface area contributed by atoms with Crippen molar-refractivity contribution >= 4 is 65.6 Å². The predicted molar refractivity (Wildman–Crippen MR) is 162 cm³/mol. The van der Waals surface area contributed by atoms with Gasteiger partial charge in [0, 0.05) is 43.7 Å². The summed E-state index contributed by atoms with van der Waals surface area (Å²) >= 11 is 0. The molecule has 0 spiro atoms. The molecule has 0 fully saturated rings. The lowest BCUT2D eigenvalue weighted by Gasteiger charge is -2.10. The summed E-state index contributed by atoms with van der Waals surface area (Å²) in [5.74, 6) is 0. The molecule has 39 heavy (non-hydrogen) atoms. The standard InChI is InChI=1S/C36H22N2O/c1-5-13-31-25(9-1)26-10-2-6-14-32(26)37(31)23-17-19-34-29(21-23)27-11-3-7-15-33(27)38(34)24-18-20-36-30(22-24)28-12-4-8-16-35(28)39-36/h1-22H. The van der Waals surface area contributed by atoms with Gasteiger partial charge in [-0.3, -0.25) is 0 Å². The molecule has 0 aliphatic rings. The van der Waals surface area contributed by atoms with Crippen LogP contribution < -0.4 is 0 Å². The van der Waals surface area contributed by atoms with E-state index >= 15 is 0 Å². The van der Waals surface area contributed by atoms with Gasteiger partial charge in [-0.05, 0) is 60.7 Å². The smallest absolute Gasteiger partial charge is 0.135 e. The summed E-state index contributed by atoms with van der Waals surface area (Å²) in [5, 5.41) is 7.31. The van der Waals surface area contributed by atoms with Gasteiger partial charge in [-0.2, -0.15) is 0 Å². The number of hydrogen-bond acceptors (Lipinski definition) is 1. The quantitative estimate of drug-likeness (QED) is 0.233. The Balaban J connectivity index is 1.34. The highest BCUT2D eigenvalue weighted by Gasteiger charge is 2.17. The first-order valence-corrected chi connectivity index (χ1v) is 13.3. The molecule has 3 aromatic heterocycles. The summed E-state index contributed by atoms with van der Waals surface area (Å²) in [6.07, 6.45) is 0. The van der Waals surface area contributed by atoms with Crippen LogP contribution in [-0.2, 0) is 0 Å². The zero-order chi connectivity index (χ0) is 25.5. The van der Waals surface area contributed by atoms with E-state index in [0.29, 0.717) is 0 Å². The molecule has 3 nitrogen and oxygen atoms in total. The van der Waals surface area contributed by atoms with Crippen molar-refractivity contribution in [1.82, 2.24) is 9.13 Å². The fourth-order valence-corrected chi connectivity index (χ4v) is 6.43. The molecule has 3 heterocycles. The minimum absolute atomic E-state index is 0.911. The second-order valence-electron chi connectivity index (χ2n) is 10.2. The number of para-hydroxylation sites is 4. The summed E-state index contributed by atoms with van der Waals surface area (Å²) < 4.78 is 10.9. The van der Waals surface area contributed by atoms with E-state index in [1.807, 2.05) is 12.1 Å². The van der Waals surface area contributed by atoms with Gasteiger partial charge in [-0.1, -0.05) is 72.8 Å². The second kappa shape index (κ2) is 7.62. The third kappa shape index (κ3) is 2.82.